The first-order valence-electron chi connectivity index (χ1n) is 13.1. The van der Waals surface area contributed by atoms with Crippen molar-refractivity contribution in [3.63, 3.8) is 0 Å². The Morgan fingerprint density at radius 1 is 0.949 bits per heavy atom. The van der Waals surface area contributed by atoms with Crippen molar-refractivity contribution in [2.24, 2.45) is 0 Å². The number of halogens is 1. The second-order valence-electron chi connectivity index (χ2n) is 10.4. The Hall–Kier alpha value is -3.77. The summed E-state index contributed by atoms with van der Waals surface area (Å²) in [6, 6.07) is 18.8. The summed E-state index contributed by atoms with van der Waals surface area (Å²) >= 11 is 6.26. The molecule has 0 aromatic heterocycles. The lowest BCUT2D eigenvalue weighted by atomic mass is 9.85. The molecule has 3 aromatic rings. The van der Waals surface area contributed by atoms with Gasteiger partial charge in [0.2, 0.25) is 0 Å². The topological polar surface area (TPSA) is 76.1 Å². The van der Waals surface area contributed by atoms with E-state index in [1.807, 2.05) is 44.2 Å². The molecule has 1 fully saturated rings. The van der Waals surface area contributed by atoms with Crippen LogP contribution in [0.4, 0.5) is 5.69 Å². The number of amides is 1. The summed E-state index contributed by atoms with van der Waals surface area (Å²) in [6.45, 7) is 11.0. The second kappa shape index (κ2) is 11.5. The molecule has 1 heterocycles. The van der Waals surface area contributed by atoms with E-state index in [-0.39, 0.29) is 16.7 Å². The van der Waals surface area contributed by atoms with E-state index in [1.165, 1.54) is 4.90 Å². The van der Waals surface area contributed by atoms with E-state index in [0.717, 1.165) is 12.0 Å². The van der Waals surface area contributed by atoms with Gasteiger partial charge in [-0.1, -0.05) is 75.7 Å². The number of aliphatic hydroxyl groups is 1. The molecule has 1 unspecified atom stereocenters. The molecule has 0 bridgehead atoms. The highest BCUT2D eigenvalue weighted by atomic mass is 35.5. The van der Waals surface area contributed by atoms with Crippen LogP contribution in [0.1, 0.15) is 63.8 Å². The van der Waals surface area contributed by atoms with Crippen LogP contribution in [0.3, 0.4) is 0 Å². The zero-order chi connectivity index (χ0) is 28.3. The number of carbonyl (C=O) groups excluding carboxylic acids is 2. The molecular weight excluding hydrogens is 514 g/mol. The molecule has 0 aliphatic carbocycles. The van der Waals surface area contributed by atoms with Crippen molar-refractivity contribution >= 4 is 34.7 Å². The summed E-state index contributed by atoms with van der Waals surface area (Å²) < 4.78 is 11.5. The van der Waals surface area contributed by atoms with E-state index in [9.17, 15) is 14.7 Å². The SMILES string of the molecule is CCCOc1ccccc1N1C(=O)C(=O)/C(=C(\O)c2ccc(Cl)c(OCC)c2)C1c1ccc(C(C)(C)C)cc1. The Morgan fingerprint density at radius 2 is 1.64 bits per heavy atom. The third-order valence-corrected chi connectivity index (χ3v) is 6.94. The highest BCUT2D eigenvalue weighted by Crippen LogP contribution is 2.45. The summed E-state index contributed by atoms with van der Waals surface area (Å²) in [4.78, 5) is 28.7. The van der Waals surface area contributed by atoms with Gasteiger partial charge >= 0.3 is 0 Å². The van der Waals surface area contributed by atoms with E-state index in [2.05, 4.69) is 20.8 Å². The normalized spacial score (nSPS) is 17.0. The number of para-hydroxylation sites is 2. The maximum absolute atomic E-state index is 13.6. The largest absolute Gasteiger partial charge is 0.507 e. The van der Waals surface area contributed by atoms with Gasteiger partial charge in [0.15, 0.2) is 0 Å². The lowest BCUT2D eigenvalue weighted by Crippen LogP contribution is -2.30. The first-order valence-corrected chi connectivity index (χ1v) is 13.5. The number of anilines is 1. The van der Waals surface area contributed by atoms with Gasteiger partial charge in [0, 0.05) is 5.56 Å². The number of ether oxygens (including phenoxy) is 2. The third kappa shape index (κ3) is 5.66. The third-order valence-electron chi connectivity index (χ3n) is 6.63. The van der Waals surface area contributed by atoms with Gasteiger partial charge in [0.25, 0.3) is 11.7 Å². The molecule has 4 rings (SSSR count). The molecule has 7 heteroatoms. The molecule has 0 saturated carbocycles. The monoisotopic (exact) mass is 547 g/mol. The van der Waals surface area contributed by atoms with Gasteiger partial charge in [-0.3, -0.25) is 14.5 Å². The molecule has 1 N–H and O–H groups in total. The van der Waals surface area contributed by atoms with Crippen LogP contribution in [-0.2, 0) is 15.0 Å². The van der Waals surface area contributed by atoms with Crippen molar-refractivity contribution in [3.05, 3.63) is 94.0 Å². The van der Waals surface area contributed by atoms with Crippen LogP contribution >= 0.6 is 11.6 Å². The molecule has 0 spiro atoms. The molecule has 1 saturated heterocycles. The minimum absolute atomic E-state index is 0.0152. The molecule has 1 aliphatic rings. The van der Waals surface area contributed by atoms with Gasteiger partial charge in [-0.2, -0.15) is 0 Å². The zero-order valence-electron chi connectivity index (χ0n) is 23.0. The number of hydrogen-bond donors (Lipinski definition) is 1. The van der Waals surface area contributed by atoms with Crippen molar-refractivity contribution in [1.82, 2.24) is 0 Å². The molecule has 3 aromatic carbocycles. The van der Waals surface area contributed by atoms with Gasteiger partial charge in [-0.25, -0.2) is 0 Å². The maximum atomic E-state index is 13.6. The molecule has 39 heavy (non-hydrogen) atoms. The van der Waals surface area contributed by atoms with Crippen LogP contribution < -0.4 is 14.4 Å². The maximum Gasteiger partial charge on any atom is 0.300 e. The Labute approximate surface area is 234 Å². The molecular formula is C32H34ClNO5. The smallest absolute Gasteiger partial charge is 0.300 e. The summed E-state index contributed by atoms with van der Waals surface area (Å²) in [5.74, 6) is -0.960. The van der Waals surface area contributed by atoms with Crippen LogP contribution in [0.25, 0.3) is 5.76 Å². The average molecular weight is 548 g/mol. The van der Waals surface area contributed by atoms with Crippen molar-refractivity contribution in [3.8, 4) is 11.5 Å². The van der Waals surface area contributed by atoms with Gasteiger partial charge in [0.1, 0.15) is 17.3 Å². The van der Waals surface area contributed by atoms with Crippen LogP contribution in [0.5, 0.6) is 11.5 Å². The minimum atomic E-state index is -0.878. The highest BCUT2D eigenvalue weighted by Gasteiger charge is 2.47. The summed E-state index contributed by atoms with van der Waals surface area (Å²) in [5.41, 5.74) is 2.48. The molecule has 204 valence electrons. The highest BCUT2D eigenvalue weighted by molar-refractivity contribution is 6.52. The van der Waals surface area contributed by atoms with E-state index < -0.39 is 17.7 Å². The van der Waals surface area contributed by atoms with Crippen LogP contribution in [0.2, 0.25) is 5.02 Å². The fraction of sp³-hybridized carbons (Fsp3) is 0.312. The van der Waals surface area contributed by atoms with Crippen LogP contribution in [0, 0.1) is 0 Å². The van der Waals surface area contributed by atoms with Gasteiger partial charge in [-0.05, 0) is 60.2 Å². The van der Waals surface area contributed by atoms with Crippen molar-refractivity contribution in [2.75, 3.05) is 18.1 Å². The Bertz CT molecular complexity index is 1400. The van der Waals surface area contributed by atoms with Crippen molar-refractivity contribution < 1.29 is 24.2 Å². The number of aliphatic hydroxyl groups excluding tert-OH is 1. The lowest BCUT2D eigenvalue weighted by Gasteiger charge is -2.28. The van der Waals surface area contributed by atoms with E-state index >= 15 is 0 Å². The fourth-order valence-corrected chi connectivity index (χ4v) is 4.80. The summed E-state index contributed by atoms with van der Waals surface area (Å²) in [6.07, 6.45) is 0.781. The van der Waals surface area contributed by atoms with Crippen LogP contribution in [-0.4, -0.2) is 30.0 Å². The van der Waals surface area contributed by atoms with E-state index in [0.29, 0.717) is 46.5 Å². The molecule has 0 radical (unpaired) electrons. The lowest BCUT2D eigenvalue weighted by molar-refractivity contribution is -0.132. The molecule has 6 nitrogen and oxygen atoms in total. The van der Waals surface area contributed by atoms with Crippen molar-refractivity contribution in [2.45, 2.75) is 52.5 Å². The second-order valence-corrected chi connectivity index (χ2v) is 10.8. The van der Waals surface area contributed by atoms with E-state index in [4.69, 9.17) is 21.1 Å². The predicted octanol–water partition coefficient (Wildman–Crippen LogP) is 7.45. The number of nitrogens with zero attached hydrogens (tertiary/aromatic N) is 1. The first-order chi connectivity index (χ1) is 18.6. The fourth-order valence-electron chi connectivity index (χ4n) is 4.62. The number of carbonyl (C=O) groups is 2. The average Bonchev–Trinajstić information content (AvgIpc) is 3.18. The number of Topliss-reactive ketones (excluding diaryl/α,β-unsaturated/α-hetero) is 1. The summed E-state index contributed by atoms with van der Waals surface area (Å²) in [7, 11) is 0. The first kappa shape index (κ1) is 28.2. The standard InChI is InChI=1S/C32H34ClNO5/c1-6-18-39-25-11-9-8-10-24(25)34-28(20-12-15-22(16-13-20)32(3,4)5)27(30(36)31(34)37)29(35)21-14-17-23(33)26(19-21)38-7-2/h8-17,19,28,35H,6-7,18H2,1-5H3/b29-27-. The quantitative estimate of drug-likeness (QED) is 0.180. The van der Waals surface area contributed by atoms with E-state index in [1.54, 1.807) is 36.4 Å². The number of hydrogen-bond acceptors (Lipinski definition) is 5. The Balaban J connectivity index is 1.94. The minimum Gasteiger partial charge on any atom is -0.507 e. The zero-order valence-corrected chi connectivity index (χ0v) is 23.7. The van der Waals surface area contributed by atoms with Crippen LogP contribution in [0.15, 0.2) is 72.3 Å². The number of benzene rings is 3. The molecule has 1 atom stereocenters. The predicted molar refractivity (Wildman–Crippen MR) is 155 cm³/mol. The molecule has 1 amide bonds. The molecule has 1 aliphatic heterocycles. The number of ketones is 1. The van der Waals surface area contributed by atoms with Gasteiger partial charge in [-0.15, -0.1) is 0 Å². The van der Waals surface area contributed by atoms with Gasteiger partial charge in [0.05, 0.1) is 35.5 Å². The Morgan fingerprint density at radius 3 is 2.28 bits per heavy atom. The Kier molecular flexibility index (Phi) is 8.36. The number of rotatable bonds is 8. The van der Waals surface area contributed by atoms with Gasteiger partial charge < -0.3 is 14.6 Å². The van der Waals surface area contributed by atoms with Crippen molar-refractivity contribution in [1.29, 1.82) is 0 Å². The summed E-state index contributed by atoms with van der Waals surface area (Å²) in [5, 5.41) is 11.9.